The summed E-state index contributed by atoms with van der Waals surface area (Å²) in [5.74, 6) is -0.196. The highest BCUT2D eigenvalue weighted by atomic mass is 35.5. The van der Waals surface area contributed by atoms with Crippen LogP contribution in [0.1, 0.15) is 11.1 Å². The van der Waals surface area contributed by atoms with E-state index >= 15 is 0 Å². The van der Waals surface area contributed by atoms with Gasteiger partial charge in [0.2, 0.25) is 5.91 Å². The number of aromatic nitrogens is 2. The summed E-state index contributed by atoms with van der Waals surface area (Å²) < 4.78 is 2.00. The molecule has 0 unspecified atom stereocenters. The summed E-state index contributed by atoms with van der Waals surface area (Å²) in [7, 11) is 0. The first-order valence-corrected chi connectivity index (χ1v) is 9.26. The lowest BCUT2D eigenvalue weighted by Crippen LogP contribution is -2.07. The molecule has 0 saturated carbocycles. The van der Waals surface area contributed by atoms with Gasteiger partial charge >= 0.3 is 0 Å². The second-order valence-corrected chi connectivity index (χ2v) is 6.94. The van der Waals surface area contributed by atoms with Crippen LogP contribution >= 0.6 is 11.6 Å². The topological polar surface area (TPSA) is 46.4 Å². The molecule has 2 aromatic carbocycles. The third-order valence-electron chi connectivity index (χ3n) is 4.40. The molecule has 4 nitrogen and oxygen atoms in total. The third-order valence-corrected chi connectivity index (χ3v) is 4.65. The fourth-order valence-electron chi connectivity index (χ4n) is 2.98. The molecule has 28 heavy (non-hydrogen) atoms. The van der Waals surface area contributed by atoms with Crippen LogP contribution in [0.25, 0.3) is 23.0 Å². The molecule has 0 spiro atoms. The highest BCUT2D eigenvalue weighted by molar-refractivity contribution is 6.30. The molecule has 0 aliphatic carbocycles. The quantitative estimate of drug-likeness (QED) is 0.462. The molecule has 0 bridgehead atoms. The van der Waals surface area contributed by atoms with Crippen LogP contribution in [0.15, 0.2) is 79.1 Å². The van der Waals surface area contributed by atoms with Crippen LogP contribution in [0, 0.1) is 6.92 Å². The SMILES string of the molecule is Cc1cccn2cc(-c3cccc(NC(=O)/C=C/c4ccc(Cl)cc4)c3)nc12. The van der Waals surface area contributed by atoms with E-state index in [4.69, 9.17) is 16.6 Å². The highest BCUT2D eigenvalue weighted by Gasteiger charge is 2.07. The average molecular weight is 388 g/mol. The molecule has 2 aromatic heterocycles. The normalized spacial score (nSPS) is 11.2. The van der Waals surface area contributed by atoms with Crippen molar-refractivity contribution < 1.29 is 4.79 Å². The smallest absolute Gasteiger partial charge is 0.248 e. The van der Waals surface area contributed by atoms with E-state index in [1.807, 2.05) is 72.2 Å². The fraction of sp³-hybridized carbons (Fsp3) is 0.0435. The van der Waals surface area contributed by atoms with E-state index in [9.17, 15) is 4.79 Å². The predicted molar refractivity (Wildman–Crippen MR) is 114 cm³/mol. The molecule has 138 valence electrons. The van der Waals surface area contributed by atoms with Gasteiger partial charge in [-0.3, -0.25) is 4.79 Å². The molecule has 1 amide bonds. The van der Waals surface area contributed by atoms with E-state index in [2.05, 4.69) is 5.32 Å². The predicted octanol–water partition coefficient (Wildman–Crippen LogP) is 5.62. The first-order valence-electron chi connectivity index (χ1n) is 8.88. The Labute approximate surface area is 168 Å². The van der Waals surface area contributed by atoms with Crippen molar-refractivity contribution in [2.24, 2.45) is 0 Å². The van der Waals surface area contributed by atoms with Gasteiger partial charge in [-0.15, -0.1) is 0 Å². The molecule has 1 N–H and O–H groups in total. The van der Waals surface area contributed by atoms with E-state index in [1.54, 1.807) is 18.2 Å². The van der Waals surface area contributed by atoms with E-state index < -0.39 is 0 Å². The van der Waals surface area contributed by atoms with Crippen LogP contribution in [0.5, 0.6) is 0 Å². The number of fused-ring (bicyclic) bond motifs is 1. The molecule has 4 aromatic rings. The maximum Gasteiger partial charge on any atom is 0.248 e. The van der Waals surface area contributed by atoms with Gasteiger partial charge in [0.25, 0.3) is 0 Å². The zero-order valence-electron chi connectivity index (χ0n) is 15.3. The summed E-state index contributed by atoms with van der Waals surface area (Å²) in [5.41, 5.74) is 5.48. The zero-order chi connectivity index (χ0) is 19.5. The number of nitrogens with zero attached hydrogens (tertiary/aromatic N) is 2. The summed E-state index contributed by atoms with van der Waals surface area (Å²) in [4.78, 5) is 17.0. The van der Waals surface area contributed by atoms with Crippen molar-refractivity contribution in [3.8, 4) is 11.3 Å². The number of hydrogen-bond donors (Lipinski definition) is 1. The van der Waals surface area contributed by atoms with Crippen LogP contribution in [0.4, 0.5) is 5.69 Å². The first-order chi connectivity index (χ1) is 13.6. The second-order valence-electron chi connectivity index (χ2n) is 6.50. The average Bonchev–Trinajstić information content (AvgIpc) is 3.14. The Balaban J connectivity index is 1.52. The van der Waals surface area contributed by atoms with Crippen molar-refractivity contribution in [3.63, 3.8) is 0 Å². The van der Waals surface area contributed by atoms with Gasteiger partial charge in [-0.05, 0) is 54.5 Å². The number of pyridine rings is 1. The number of rotatable bonds is 4. The van der Waals surface area contributed by atoms with Gasteiger partial charge in [-0.25, -0.2) is 4.98 Å². The molecular weight excluding hydrogens is 370 g/mol. The number of halogens is 1. The monoisotopic (exact) mass is 387 g/mol. The maximum atomic E-state index is 12.2. The summed E-state index contributed by atoms with van der Waals surface area (Å²) in [6, 6.07) is 19.0. The van der Waals surface area contributed by atoms with Crippen molar-refractivity contribution >= 4 is 34.9 Å². The zero-order valence-corrected chi connectivity index (χ0v) is 16.0. The van der Waals surface area contributed by atoms with E-state index in [0.29, 0.717) is 5.02 Å². The minimum atomic E-state index is -0.196. The van der Waals surface area contributed by atoms with Gasteiger partial charge in [0, 0.05) is 34.7 Å². The highest BCUT2D eigenvalue weighted by Crippen LogP contribution is 2.23. The standard InChI is InChI=1S/C23H18ClN3O/c1-16-4-3-13-27-15-21(26-23(16)27)18-5-2-6-20(14-18)25-22(28)12-9-17-7-10-19(24)11-8-17/h2-15H,1H3,(H,25,28)/b12-9+. The molecule has 0 aliphatic rings. The number of anilines is 1. The largest absolute Gasteiger partial charge is 0.322 e. The van der Waals surface area contributed by atoms with Crippen LogP contribution in [-0.4, -0.2) is 15.3 Å². The van der Waals surface area contributed by atoms with Gasteiger partial charge in [-0.1, -0.05) is 41.9 Å². The Kier molecular flexibility index (Phi) is 4.96. The number of hydrogen-bond acceptors (Lipinski definition) is 2. The van der Waals surface area contributed by atoms with Crippen molar-refractivity contribution in [3.05, 3.63) is 95.3 Å². The summed E-state index contributed by atoms with van der Waals surface area (Å²) in [6.07, 6.45) is 7.22. The van der Waals surface area contributed by atoms with Gasteiger partial charge in [0.1, 0.15) is 5.65 Å². The van der Waals surface area contributed by atoms with Crippen LogP contribution in [-0.2, 0) is 4.79 Å². The molecule has 0 radical (unpaired) electrons. The minimum absolute atomic E-state index is 0.196. The van der Waals surface area contributed by atoms with Crippen LogP contribution < -0.4 is 5.32 Å². The van der Waals surface area contributed by atoms with E-state index in [-0.39, 0.29) is 5.91 Å². The second kappa shape index (κ2) is 7.71. The summed E-state index contributed by atoms with van der Waals surface area (Å²) in [5, 5.41) is 3.56. The Morgan fingerprint density at radius 2 is 1.93 bits per heavy atom. The number of amides is 1. The molecule has 0 atom stereocenters. The summed E-state index contributed by atoms with van der Waals surface area (Å²) >= 11 is 5.87. The van der Waals surface area contributed by atoms with Crippen LogP contribution in [0.2, 0.25) is 5.02 Å². The molecule has 0 fully saturated rings. The molecular formula is C23H18ClN3O. The Morgan fingerprint density at radius 3 is 2.71 bits per heavy atom. The van der Waals surface area contributed by atoms with Crippen molar-refractivity contribution in [2.75, 3.05) is 5.32 Å². The first kappa shape index (κ1) is 18.0. The molecule has 2 heterocycles. The Bertz CT molecular complexity index is 1180. The Hall–Kier alpha value is -3.37. The van der Waals surface area contributed by atoms with Crippen LogP contribution in [0.3, 0.4) is 0 Å². The van der Waals surface area contributed by atoms with E-state index in [0.717, 1.165) is 33.7 Å². The number of imidazole rings is 1. The molecule has 4 rings (SSSR count). The maximum absolute atomic E-state index is 12.2. The third kappa shape index (κ3) is 3.97. The number of carbonyl (C=O) groups is 1. The fourth-order valence-corrected chi connectivity index (χ4v) is 3.10. The van der Waals surface area contributed by atoms with E-state index in [1.165, 1.54) is 6.08 Å². The van der Waals surface area contributed by atoms with Crippen molar-refractivity contribution in [1.82, 2.24) is 9.38 Å². The lowest BCUT2D eigenvalue weighted by Gasteiger charge is -2.04. The molecule has 5 heteroatoms. The minimum Gasteiger partial charge on any atom is -0.322 e. The van der Waals surface area contributed by atoms with Crippen molar-refractivity contribution in [1.29, 1.82) is 0 Å². The Morgan fingerprint density at radius 1 is 1.11 bits per heavy atom. The number of benzene rings is 2. The van der Waals surface area contributed by atoms with Gasteiger partial charge in [-0.2, -0.15) is 0 Å². The summed E-state index contributed by atoms with van der Waals surface area (Å²) in [6.45, 7) is 2.04. The number of aryl methyl sites for hydroxylation is 1. The number of nitrogens with one attached hydrogen (secondary N) is 1. The van der Waals surface area contributed by atoms with Crippen molar-refractivity contribution in [2.45, 2.75) is 6.92 Å². The lowest BCUT2D eigenvalue weighted by atomic mass is 10.1. The lowest BCUT2D eigenvalue weighted by molar-refractivity contribution is -0.111. The molecule has 0 aliphatic heterocycles. The molecule has 0 saturated heterocycles. The van der Waals surface area contributed by atoms with Gasteiger partial charge in [0.15, 0.2) is 0 Å². The van der Waals surface area contributed by atoms with Gasteiger partial charge < -0.3 is 9.72 Å². The number of carbonyl (C=O) groups excluding carboxylic acids is 1. The van der Waals surface area contributed by atoms with Gasteiger partial charge in [0.05, 0.1) is 5.69 Å².